The number of aliphatic imine (C=N–C) groups is 1. The van der Waals surface area contributed by atoms with Gasteiger partial charge in [0.1, 0.15) is 23.5 Å². The van der Waals surface area contributed by atoms with Crippen molar-refractivity contribution in [3.8, 4) is 0 Å². The summed E-state index contributed by atoms with van der Waals surface area (Å²) in [5.74, 6) is 0.125. The van der Waals surface area contributed by atoms with E-state index in [1.54, 1.807) is 18.0 Å². The number of anilines is 1. The lowest BCUT2D eigenvalue weighted by Crippen LogP contribution is -2.51. The Morgan fingerprint density at radius 3 is 2.69 bits per heavy atom. The third-order valence-corrected chi connectivity index (χ3v) is 7.59. The molecule has 0 radical (unpaired) electrons. The van der Waals surface area contributed by atoms with Gasteiger partial charge in [0.15, 0.2) is 0 Å². The van der Waals surface area contributed by atoms with E-state index in [-0.39, 0.29) is 35.5 Å². The first-order valence-electron chi connectivity index (χ1n) is 12.4. The van der Waals surface area contributed by atoms with Crippen LogP contribution in [0.5, 0.6) is 0 Å². The Balaban J connectivity index is 1.39. The Hall–Kier alpha value is -3.59. The molecule has 9 heteroatoms. The second-order valence-corrected chi connectivity index (χ2v) is 9.77. The molecular formula is C27H32N6O3. The fourth-order valence-electron chi connectivity index (χ4n) is 5.50. The lowest BCUT2D eigenvalue weighted by molar-refractivity contribution is -0.139. The zero-order chi connectivity index (χ0) is 25.4. The van der Waals surface area contributed by atoms with Crippen LogP contribution < -0.4 is 5.32 Å². The van der Waals surface area contributed by atoms with Crippen LogP contribution in [0.15, 0.2) is 47.6 Å². The average molecular weight is 489 g/mol. The molecule has 1 aromatic carbocycles. The van der Waals surface area contributed by atoms with Crippen LogP contribution in [0.4, 0.5) is 5.82 Å². The average Bonchev–Trinajstić information content (AvgIpc) is 3.56. The Morgan fingerprint density at radius 1 is 1.25 bits per heavy atom. The van der Waals surface area contributed by atoms with E-state index < -0.39 is 12.0 Å². The number of aromatic nitrogens is 2. The van der Waals surface area contributed by atoms with Crippen molar-refractivity contribution in [2.45, 2.75) is 44.9 Å². The number of hydrogen-bond acceptors (Lipinski definition) is 7. The maximum Gasteiger partial charge on any atom is 0.251 e. The number of likely N-dealkylation sites (tertiary alicyclic amines) is 1. The number of methoxy groups -OCH3 is 1. The highest BCUT2D eigenvalue weighted by Crippen LogP contribution is 2.37. The van der Waals surface area contributed by atoms with Gasteiger partial charge in [-0.2, -0.15) is 5.10 Å². The maximum atomic E-state index is 12.7. The van der Waals surface area contributed by atoms with Crippen LogP contribution in [0.2, 0.25) is 0 Å². The number of carbonyl (C=O) groups excluding carboxylic acids is 2. The summed E-state index contributed by atoms with van der Waals surface area (Å²) in [6, 6.07) is 9.99. The largest absolute Gasteiger partial charge is 0.372 e. The second kappa shape index (κ2) is 9.81. The summed E-state index contributed by atoms with van der Waals surface area (Å²) in [5.41, 5.74) is 2.98. The van der Waals surface area contributed by atoms with Gasteiger partial charge in [-0.25, -0.2) is 4.68 Å². The summed E-state index contributed by atoms with van der Waals surface area (Å²) in [4.78, 5) is 31.9. The Labute approximate surface area is 210 Å². The van der Waals surface area contributed by atoms with Gasteiger partial charge in [-0.1, -0.05) is 36.4 Å². The van der Waals surface area contributed by atoms with Crippen LogP contribution in [0, 0.1) is 17.2 Å². The maximum absolute atomic E-state index is 12.7. The first-order chi connectivity index (χ1) is 17.4. The fraction of sp³-hybridized carbons (Fsp3) is 0.444. The van der Waals surface area contributed by atoms with E-state index in [0.717, 1.165) is 24.0 Å². The van der Waals surface area contributed by atoms with E-state index >= 15 is 0 Å². The third kappa shape index (κ3) is 4.28. The SMILES string of the molecule is COC(C)C(=O)N1CCC(C2Nc3c(C4=CCC(c5ccccc5)N=C4)cnn3C(=N)C2C(C)=O)C1. The number of ether oxygens (including phenoxy) is 1. The van der Waals surface area contributed by atoms with Crippen LogP contribution in [0.25, 0.3) is 5.57 Å². The number of benzene rings is 1. The molecule has 3 aliphatic rings. The number of rotatable bonds is 6. The second-order valence-electron chi connectivity index (χ2n) is 9.77. The molecule has 5 atom stereocenters. The topological polar surface area (TPSA) is 113 Å². The predicted molar refractivity (Wildman–Crippen MR) is 138 cm³/mol. The number of Topliss-reactive ketones (excluding diaryl/α,β-unsaturated/α-hetero) is 1. The van der Waals surface area contributed by atoms with Gasteiger partial charge in [-0.05, 0) is 38.2 Å². The highest BCUT2D eigenvalue weighted by Gasteiger charge is 2.44. The number of dihydropyridines is 1. The summed E-state index contributed by atoms with van der Waals surface area (Å²) < 4.78 is 6.74. The Morgan fingerprint density at radius 2 is 2.03 bits per heavy atom. The van der Waals surface area contributed by atoms with Crippen molar-refractivity contribution in [1.29, 1.82) is 5.41 Å². The normalized spacial score (nSPS) is 26.2. The van der Waals surface area contributed by atoms with E-state index in [2.05, 4.69) is 28.6 Å². The van der Waals surface area contributed by atoms with Crippen LogP contribution in [0.1, 0.15) is 43.9 Å². The molecule has 188 valence electrons. The first kappa shape index (κ1) is 24.1. The number of allylic oxidation sites excluding steroid dienone is 1. The predicted octanol–water partition coefficient (Wildman–Crippen LogP) is 3.19. The number of ketones is 1. The minimum atomic E-state index is -0.637. The van der Waals surface area contributed by atoms with Gasteiger partial charge in [0, 0.05) is 43.6 Å². The van der Waals surface area contributed by atoms with Crippen molar-refractivity contribution in [1.82, 2.24) is 14.7 Å². The molecule has 9 nitrogen and oxygen atoms in total. The number of hydrogen-bond donors (Lipinski definition) is 2. The minimum absolute atomic E-state index is 0.0280. The molecule has 1 aromatic heterocycles. The molecule has 0 spiro atoms. The highest BCUT2D eigenvalue weighted by molar-refractivity contribution is 6.14. The summed E-state index contributed by atoms with van der Waals surface area (Å²) >= 11 is 0. The van der Waals surface area contributed by atoms with E-state index in [0.29, 0.717) is 18.9 Å². The molecule has 4 heterocycles. The monoisotopic (exact) mass is 488 g/mol. The van der Waals surface area contributed by atoms with Crippen molar-refractivity contribution in [2.24, 2.45) is 16.8 Å². The zero-order valence-electron chi connectivity index (χ0n) is 20.8. The van der Waals surface area contributed by atoms with E-state index in [9.17, 15) is 9.59 Å². The highest BCUT2D eigenvalue weighted by atomic mass is 16.5. The van der Waals surface area contributed by atoms with Crippen LogP contribution in [-0.2, 0) is 14.3 Å². The third-order valence-electron chi connectivity index (χ3n) is 7.59. The van der Waals surface area contributed by atoms with Crippen molar-refractivity contribution < 1.29 is 14.3 Å². The number of fused-ring (bicyclic) bond motifs is 1. The molecule has 5 unspecified atom stereocenters. The van der Waals surface area contributed by atoms with E-state index in [4.69, 9.17) is 15.1 Å². The van der Waals surface area contributed by atoms with E-state index in [1.165, 1.54) is 24.3 Å². The molecule has 1 saturated heterocycles. The smallest absolute Gasteiger partial charge is 0.251 e. The minimum Gasteiger partial charge on any atom is -0.372 e. The van der Waals surface area contributed by atoms with Gasteiger partial charge in [-0.3, -0.25) is 20.0 Å². The van der Waals surface area contributed by atoms with Crippen LogP contribution >= 0.6 is 0 Å². The number of carbonyl (C=O) groups is 2. The van der Waals surface area contributed by atoms with Crippen molar-refractivity contribution >= 4 is 35.1 Å². The van der Waals surface area contributed by atoms with Crippen molar-refractivity contribution in [3.63, 3.8) is 0 Å². The van der Waals surface area contributed by atoms with Gasteiger partial charge in [0.2, 0.25) is 0 Å². The van der Waals surface area contributed by atoms with Gasteiger partial charge in [0.25, 0.3) is 5.91 Å². The summed E-state index contributed by atoms with van der Waals surface area (Å²) in [5, 5.41) is 16.9. The summed E-state index contributed by atoms with van der Waals surface area (Å²) in [6.45, 7) is 4.40. The first-order valence-corrected chi connectivity index (χ1v) is 12.4. The lowest BCUT2D eigenvalue weighted by Gasteiger charge is -2.37. The Bertz CT molecular complexity index is 1230. The van der Waals surface area contributed by atoms with Crippen molar-refractivity contribution in [2.75, 3.05) is 25.5 Å². The van der Waals surface area contributed by atoms with Gasteiger partial charge in [0.05, 0.1) is 18.2 Å². The molecule has 5 rings (SSSR count). The molecule has 0 aliphatic carbocycles. The zero-order valence-corrected chi connectivity index (χ0v) is 20.8. The molecular weight excluding hydrogens is 456 g/mol. The fourth-order valence-corrected chi connectivity index (χ4v) is 5.50. The molecule has 3 aliphatic heterocycles. The molecule has 2 N–H and O–H groups in total. The number of amides is 1. The molecule has 1 amide bonds. The lowest BCUT2D eigenvalue weighted by atomic mass is 9.82. The molecule has 0 saturated carbocycles. The standard InChI is InChI=1S/C27H32N6O3/c1-16(34)23-24(20-11-12-32(15-20)27(35)17(2)36-3)31-26-21(14-30-33(26)25(23)28)19-9-10-22(29-13-19)18-7-5-4-6-8-18/h4-9,13-14,17,20,22-24,28,31H,10-12,15H2,1-3H3. The summed E-state index contributed by atoms with van der Waals surface area (Å²) in [7, 11) is 1.53. The van der Waals surface area contributed by atoms with Crippen molar-refractivity contribution in [3.05, 3.63) is 53.7 Å². The van der Waals surface area contributed by atoms with Crippen LogP contribution in [0.3, 0.4) is 0 Å². The van der Waals surface area contributed by atoms with Crippen LogP contribution in [-0.4, -0.2) is 70.8 Å². The molecule has 1 fully saturated rings. The van der Waals surface area contributed by atoms with E-state index in [1.807, 2.05) is 24.4 Å². The molecule has 2 aromatic rings. The summed E-state index contributed by atoms with van der Waals surface area (Å²) in [6.07, 6.45) is 6.79. The number of nitrogens with one attached hydrogen (secondary N) is 2. The van der Waals surface area contributed by atoms with Gasteiger partial charge < -0.3 is 15.0 Å². The quantitative estimate of drug-likeness (QED) is 0.649. The van der Waals surface area contributed by atoms with Gasteiger partial charge in [-0.15, -0.1) is 0 Å². The van der Waals surface area contributed by atoms with Gasteiger partial charge >= 0.3 is 0 Å². The molecule has 36 heavy (non-hydrogen) atoms. The molecule has 0 bridgehead atoms. The number of nitrogens with zero attached hydrogens (tertiary/aromatic N) is 4. The Kier molecular flexibility index (Phi) is 6.57.